The van der Waals surface area contributed by atoms with Gasteiger partial charge in [-0.25, -0.2) is 9.37 Å². The lowest BCUT2D eigenvalue weighted by Crippen LogP contribution is -2.40. The maximum absolute atomic E-state index is 13.5. The van der Waals surface area contributed by atoms with Gasteiger partial charge in [-0.2, -0.15) is 26.3 Å². The zero-order chi connectivity index (χ0) is 33.7. The molecule has 45 heavy (non-hydrogen) atoms. The number of aryl methyl sites for hydroxylation is 1. The minimum atomic E-state index is -4.43. The Hall–Kier alpha value is -4.46. The van der Waals surface area contributed by atoms with Crippen molar-refractivity contribution in [2.75, 3.05) is 13.7 Å². The van der Waals surface area contributed by atoms with Crippen molar-refractivity contribution in [2.24, 2.45) is 0 Å². The molecule has 2 aromatic carbocycles. The second kappa shape index (κ2) is 13.7. The molecule has 2 amide bonds. The molecule has 0 saturated carbocycles. The van der Waals surface area contributed by atoms with Crippen LogP contribution in [0.5, 0.6) is 0 Å². The van der Waals surface area contributed by atoms with E-state index in [-0.39, 0.29) is 34.0 Å². The number of amides is 2. The molecule has 0 aliphatic rings. The highest BCUT2D eigenvalue weighted by Crippen LogP contribution is 2.37. The summed E-state index contributed by atoms with van der Waals surface area (Å²) >= 11 is 0. The van der Waals surface area contributed by atoms with E-state index < -0.39 is 49.1 Å². The van der Waals surface area contributed by atoms with Crippen molar-refractivity contribution in [1.82, 2.24) is 15.6 Å². The number of hydrogen-bond acceptors (Lipinski definition) is 5. The fourth-order valence-corrected chi connectivity index (χ4v) is 4.16. The van der Waals surface area contributed by atoms with E-state index in [1.165, 1.54) is 31.3 Å². The first-order valence-corrected chi connectivity index (χ1v) is 13.4. The molecule has 0 saturated heterocycles. The standard InChI is InChI=1S/C29H27F4N3O3.C2H3F3O/c1-28(2,3)36-25(37)18-7-5-6-17(14-18)20-15-21-23(26(38)34-4)24(16-8-10-19(30)11-9-16)39-27(21)35-22(20)12-13-29(31,32)33;3-2(4,5)1-6/h5-11,14-15H,12-13H2,1-4H3,(H,34,38)(H,36,37);6H,1H2. The van der Waals surface area contributed by atoms with E-state index in [2.05, 4.69) is 15.6 Å². The van der Waals surface area contributed by atoms with Gasteiger partial charge in [-0.3, -0.25) is 9.59 Å². The van der Waals surface area contributed by atoms with Gasteiger partial charge < -0.3 is 20.2 Å². The minimum absolute atomic E-state index is 0.0320. The van der Waals surface area contributed by atoms with Crippen LogP contribution in [0.4, 0.5) is 30.7 Å². The highest BCUT2D eigenvalue weighted by molar-refractivity contribution is 6.11. The maximum Gasteiger partial charge on any atom is 0.411 e. The van der Waals surface area contributed by atoms with Crippen molar-refractivity contribution in [1.29, 1.82) is 0 Å². The van der Waals surface area contributed by atoms with Crippen LogP contribution < -0.4 is 10.6 Å². The van der Waals surface area contributed by atoms with E-state index in [1.807, 2.05) is 20.8 Å². The molecule has 0 aliphatic heterocycles. The average molecular weight is 642 g/mol. The quantitative estimate of drug-likeness (QED) is 0.193. The molecular formula is C31H30F7N3O4. The van der Waals surface area contributed by atoms with Crippen LogP contribution in [0.25, 0.3) is 33.6 Å². The first kappa shape index (κ1) is 35.0. The summed E-state index contributed by atoms with van der Waals surface area (Å²) in [5.41, 5.74) is 1.16. The molecular weight excluding hydrogens is 611 g/mol. The Bertz CT molecular complexity index is 1660. The predicted molar refractivity (Wildman–Crippen MR) is 153 cm³/mol. The number of benzene rings is 2. The number of aliphatic hydroxyl groups is 1. The van der Waals surface area contributed by atoms with Gasteiger partial charge in [0.2, 0.25) is 5.71 Å². The van der Waals surface area contributed by atoms with Gasteiger partial charge in [-0.1, -0.05) is 12.1 Å². The number of carbonyl (C=O) groups excluding carboxylic acids is 2. The van der Waals surface area contributed by atoms with E-state index in [1.54, 1.807) is 30.3 Å². The molecule has 2 heterocycles. The van der Waals surface area contributed by atoms with Crippen LogP contribution in [0, 0.1) is 5.82 Å². The van der Waals surface area contributed by atoms with Gasteiger partial charge >= 0.3 is 12.4 Å². The number of halogens is 7. The molecule has 242 valence electrons. The third-order valence-electron chi connectivity index (χ3n) is 6.07. The Kier molecular flexibility index (Phi) is 10.6. The largest absolute Gasteiger partial charge is 0.437 e. The molecule has 7 nitrogen and oxygen atoms in total. The SMILES string of the molecule is CNC(=O)c1c(-c2ccc(F)cc2)oc2nc(CCC(F)(F)F)c(-c3cccc(C(=O)NC(C)(C)C)c3)cc12.OCC(F)(F)F. The van der Waals surface area contributed by atoms with E-state index in [0.29, 0.717) is 22.3 Å². The van der Waals surface area contributed by atoms with E-state index >= 15 is 0 Å². The van der Waals surface area contributed by atoms with Gasteiger partial charge in [0.05, 0.1) is 16.6 Å². The molecule has 14 heteroatoms. The third-order valence-corrected chi connectivity index (χ3v) is 6.07. The van der Waals surface area contributed by atoms with Gasteiger partial charge in [-0.15, -0.1) is 0 Å². The number of nitrogens with one attached hydrogen (secondary N) is 2. The van der Waals surface area contributed by atoms with Crippen molar-refractivity contribution < 1.29 is 49.8 Å². The number of alkyl halides is 6. The van der Waals surface area contributed by atoms with E-state index in [0.717, 1.165) is 0 Å². The zero-order valence-electron chi connectivity index (χ0n) is 24.6. The number of aliphatic hydroxyl groups excluding tert-OH is 1. The molecule has 0 unspecified atom stereocenters. The van der Waals surface area contributed by atoms with Crippen molar-refractivity contribution in [2.45, 2.75) is 51.5 Å². The second-order valence-electron chi connectivity index (χ2n) is 10.9. The number of rotatable bonds is 6. The molecule has 3 N–H and O–H groups in total. The van der Waals surface area contributed by atoms with Crippen molar-refractivity contribution >= 4 is 22.9 Å². The lowest BCUT2D eigenvalue weighted by atomic mass is 9.96. The van der Waals surface area contributed by atoms with Crippen LogP contribution in [0.1, 0.15) is 53.6 Å². The second-order valence-corrected chi connectivity index (χ2v) is 10.9. The summed E-state index contributed by atoms with van der Waals surface area (Å²) in [6.45, 7) is 3.77. The van der Waals surface area contributed by atoms with Gasteiger partial charge in [0, 0.05) is 35.7 Å². The molecule has 0 spiro atoms. The van der Waals surface area contributed by atoms with Crippen LogP contribution in [-0.2, 0) is 6.42 Å². The fourth-order valence-electron chi connectivity index (χ4n) is 4.16. The average Bonchev–Trinajstić information content (AvgIpc) is 3.32. The van der Waals surface area contributed by atoms with Crippen LogP contribution >= 0.6 is 0 Å². The first-order valence-electron chi connectivity index (χ1n) is 13.4. The third kappa shape index (κ3) is 9.76. The number of furan rings is 1. The molecule has 0 radical (unpaired) electrons. The maximum atomic E-state index is 13.5. The predicted octanol–water partition coefficient (Wildman–Crippen LogP) is 7.22. The summed E-state index contributed by atoms with van der Waals surface area (Å²) in [7, 11) is 1.43. The summed E-state index contributed by atoms with van der Waals surface area (Å²) in [6, 6.07) is 13.3. The number of nitrogens with zero attached hydrogens (tertiary/aromatic N) is 1. The van der Waals surface area contributed by atoms with E-state index in [4.69, 9.17) is 9.52 Å². The number of hydrogen-bond donors (Lipinski definition) is 3. The number of aromatic nitrogens is 1. The van der Waals surface area contributed by atoms with Crippen molar-refractivity contribution in [3.8, 4) is 22.5 Å². The Labute approximate surface area is 253 Å². The Morgan fingerprint density at radius 3 is 2.04 bits per heavy atom. The summed E-state index contributed by atoms with van der Waals surface area (Å²) in [6.07, 6.45) is -10.4. The van der Waals surface area contributed by atoms with Crippen molar-refractivity contribution in [3.05, 3.63) is 77.2 Å². The lowest BCUT2D eigenvalue weighted by molar-refractivity contribution is -0.159. The van der Waals surface area contributed by atoms with Crippen LogP contribution in [0.2, 0.25) is 0 Å². The molecule has 2 aromatic heterocycles. The van der Waals surface area contributed by atoms with Gasteiger partial charge in [0.15, 0.2) is 0 Å². The normalized spacial score (nSPS) is 12.0. The van der Waals surface area contributed by atoms with Gasteiger partial charge in [0.25, 0.3) is 11.8 Å². The summed E-state index contributed by atoms with van der Waals surface area (Å²) in [5.74, 6) is -1.24. The van der Waals surface area contributed by atoms with Crippen LogP contribution in [0.15, 0.2) is 59.0 Å². The smallest absolute Gasteiger partial charge is 0.411 e. The van der Waals surface area contributed by atoms with Crippen LogP contribution in [0.3, 0.4) is 0 Å². The number of pyridine rings is 1. The van der Waals surface area contributed by atoms with Crippen LogP contribution in [-0.4, -0.2) is 53.5 Å². The Balaban J connectivity index is 0.000000838. The molecule has 0 bridgehead atoms. The zero-order valence-corrected chi connectivity index (χ0v) is 24.6. The minimum Gasteiger partial charge on any atom is -0.437 e. The fraction of sp³-hybridized carbons (Fsp3) is 0.323. The molecule has 4 rings (SSSR count). The Morgan fingerprint density at radius 1 is 0.889 bits per heavy atom. The highest BCUT2D eigenvalue weighted by atomic mass is 19.4. The molecule has 0 fully saturated rings. The summed E-state index contributed by atoms with van der Waals surface area (Å²) in [4.78, 5) is 30.1. The Morgan fingerprint density at radius 2 is 1.51 bits per heavy atom. The number of carbonyl (C=O) groups is 2. The molecule has 0 atom stereocenters. The van der Waals surface area contributed by atoms with Gasteiger partial charge in [-0.05, 0) is 75.2 Å². The molecule has 4 aromatic rings. The van der Waals surface area contributed by atoms with Gasteiger partial charge in [0.1, 0.15) is 18.2 Å². The summed E-state index contributed by atoms with van der Waals surface area (Å²) in [5, 5.41) is 13.0. The number of fused-ring (bicyclic) bond motifs is 1. The highest BCUT2D eigenvalue weighted by Gasteiger charge is 2.29. The monoisotopic (exact) mass is 641 g/mol. The topological polar surface area (TPSA) is 104 Å². The lowest BCUT2D eigenvalue weighted by Gasteiger charge is -2.20. The molecule has 0 aliphatic carbocycles. The van der Waals surface area contributed by atoms with E-state index in [9.17, 15) is 40.3 Å². The summed E-state index contributed by atoms with van der Waals surface area (Å²) < 4.78 is 90.6. The van der Waals surface area contributed by atoms with Crippen molar-refractivity contribution in [3.63, 3.8) is 0 Å². The first-order chi connectivity index (χ1) is 20.8.